The zero-order chi connectivity index (χ0) is 16.9. The number of nitrogens with zero attached hydrogens (tertiary/aromatic N) is 2. The minimum absolute atomic E-state index is 0.0379. The van der Waals surface area contributed by atoms with Crippen LogP contribution < -0.4 is 4.74 Å². The number of carbonyl (C=O) groups is 2. The van der Waals surface area contributed by atoms with E-state index in [2.05, 4.69) is 4.90 Å². The highest BCUT2D eigenvalue weighted by Crippen LogP contribution is 2.24. The van der Waals surface area contributed by atoms with Crippen LogP contribution in [0.3, 0.4) is 0 Å². The molecule has 0 spiro atoms. The fraction of sp³-hybridized carbons (Fsp3) is 0.556. The summed E-state index contributed by atoms with van der Waals surface area (Å²) in [5, 5.41) is 0. The molecule has 2 amide bonds. The van der Waals surface area contributed by atoms with Gasteiger partial charge >= 0.3 is 0 Å². The molecular formula is C18H24N2O4. The molecule has 2 heterocycles. The first-order chi connectivity index (χ1) is 11.7. The van der Waals surface area contributed by atoms with Crippen molar-refractivity contribution in [2.24, 2.45) is 5.92 Å². The summed E-state index contributed by atoms with van der Waals surface area (Å²) in [6.45, 7) is 4.40. The molecule has 0 aromatic heterocycles. The molecule has 1 aromatic rings. The first-order valence-electron chi connectivity index (χ1n) is 8.44. The lowest BCUT2D eigenvalue weighted by atomic mass is 9.98. The van der Waals surface area contributed by atoms with Crippen molar-refractivity contribution in [1.29, 1.82) is 0 Å². The van der Waals surface area contributed by atoms with E-state index in [1.54, 1.807) is 7.11 Å². The topological polar surface area (TPSA) is 59.1 Å². The van der Waals surface area contributed by atoms with Crippen LogP contribution in [0.25, 0.3) is 0 Å². The largest absolute Gasteiger partial charge is 0.497 e. The number of carbonyl (C=O) groups excluding carboxylic acids is 2. The van der Waals surface area contributed by atoms with E-state index in [0.717, 1.165) is 44.2 Å². The second-order valence-electron chi connectivity index (χ2n) is 6.29. The van der Waals surface area contributed by atoms with E-state index in [4.69, 9.17) is 9.47 Å². The fourth-order valence-corrected chi connectivity index (χ4v) is 3.26. The Balaban J connectivity index is 1.54. The normalized spacial score (nSPS) is 22.2. The van der Waals surface area contributed by atoms with Gasteiger partial charge in [-0.15, -0.1) is 0 Å². The van der Waals surface area contributed by atoms with E-state index in [0.29, 0.717) is 19.4 Å². The number of ether oxygens (including phenoxy) is 2. The average molecular weight is 332 g/mol. The van der Waals surface area contributed by atoms with Crippen LogP contribution in [0.15, 0.2) is 24.3 Å². The summed E-state index contributed by atoms with van der Waals surface area (Å²) in [5.74, 6) is 0.464. The van der Waals surface area contributed by atoms with Crippen molar-refractivity contribution >= 4 is 11.8 Å². The summed E-state index contributed by atoms with van der Waals surface area (Å²) >= 11 is 0. The second kappa shape index (κ2) is 7.77. The summed E-state index contributed by atoms with van der Waals surface area (Å²) < 4.78 is 10.5. The first kappa shape index (κ1) is 16.9. The van der Waals surface area contributed by atoms with Gasteiger partial charge in [0.1, 0.15) is 5.75 Å². The van der Waals surface area contributed by atoms with Gasteiger partial charge in [-0.1, -0.05) is 12.1 Å². The van der Waals surface area contributed by atoms with Crippen LogP contribution >= 0.6 is 0 Å². The Labute approximate surface area is 142 Å². The highest BCUT2D eigenvalue weighted by atomic mass is 16.5. The first-order valence-corrected chi connectivity index (χ1v) is 8.44. The summed E-state index contributed by atoms with van der Waals surface area (Å²) in [4.78, 5) is 28.4. The van der Waals surface area contributed by atoms with E-state index >= 15 is 0 Å². The molecule has 0 bridgehead atoms. The highest BCUT2D eigenvalue weighted by Gasteiger charge is 2.38. The van der Waals surface area contributed by atoms with Crippen LogP contribution in [0.5, 0.6) is 5.75 Å². The number of likely N-dealkylation sites (tertiary alicyclic amines) is 1. The smallest absolute Gasteiger partial charge is 0.233 e. The van der Waals surface area contributed by atoms with Gasteiger partial charge in [0.25, 0.3) is 0 Å². The van der Waals surface area contributed by atoms with Gasteiger partial charge in [-0.2, -0.15) is 0 Å². The summed E-state index contributed by atoms with van der Waals surface area (Å²) in [5.41, 5.74) is 1.05. The van der Waals surface area contributed by atoms with Crippen molar-refractivity contribution in [3.8, 4) is 5.75 Å². The number of rotatable bonds is 6. The molecule has 0 radical (unpaired) electrons. The molecule has 2 aliphatic heterocycles. The molecule has 3 rings (SSSR count). The number of methoxy groups -OCH3 is 1. The van der Waals surface area contributed by atoms with Gasteiger partial charge in [-0.3, -0.25) is 19.4 Å². The van der Waals surface area contributed by atoms with E-state index in [9.17, 15) is 9.59 Å². The predicted octanol–water partition coefficient (Wildman–Crippen LogP) is 0.945. The van der Waals surface area contributed by atoms with Gasteiger partial charge < -0.3 is 9.47 Å². The number of imide groups is 1. The van der Waals surface area contributed by atoms with Crippen molar-refractivity contribution in [2.75, 3.05) is 46.5 Å². The lowest BCUT2D eigenvalue weighted by Crippen LogP contribution is -2.43. The summed E-state index contributed by atoms with van der Waals surface area (Å²) in [6.07, 6.45) is 0.913. The van der Waals surface area contributed by atoms with Crippen molar-refractivity contribution in [3.63, 3.8) is 0 Å². The Morgan fingerprint density at radius 1 is 1.12 bits per heavy atom. The van der Waals surface area contributed by atoms with Gasteiger partial charge in [0, 0.05) is 32.6 Å². The Bertz CT molecular complexity index is 581. The van der Waals surface area contributed by atoms with Crippen LogP contribution in [0.1, 0.15) is 12.0 Å². The SMILES string of the molecule is COc1ccc(CC2CC(=O)N(CCN3CCOCC3)C2=O)cc1. The molecule has 2 aliphatic rings. The molecule has 1 aromatic carbocycles. The molecule has 24 heavy (non-hydrogen) atoms. The maximum absolute atomic E-state index is 12.6. The van der Waals surface area contributed by atoms with Gasteiger partial charge in [0.2, 0.25) is 11.8 Å². The number of benzene rings is 1. The quantitative estimate of drug-likeness (QED) is 0.726. The molecule has 6 nitrogen and oxygen atoms in total. The molecule has 1 atom stereocenters. The van der Waals surface area contributed by atoms with Gasteiger partial charge in [-0.25, -0.2) is 0 Å². The maximum atomic E-state index is 12.6. The number of morpholine rings is 1. The van der Waals surface area contributed by atoms with Crippen LogP contribution in [-0.4, -0.2) is 68.1 Å². The number of hydrogen-bond acceptors (Lipinski definition) is 5. The van der Waals surface area contributed by atoms with E-state index in [1.165, 1.54) is 4.90 Å². The third-order valence-electron chi connectivity index (χ3n) is 4.72. The molecular weight excluding hydrogens is 308 g/mol. The Hall–Kier alpha value is -1.92. The number of amides is 2. The predicted molar refractivity (Wildman–Crippen MR) is 88.8 cm³/mol. The molecule has 2 fully saturated rings. The lowest BCUT2D eigenvalue weighted by molar-refractivity contribution is -0.139. The molecule has 0 saturated carbocycles. The van der Waals surface area contributed by atoms with Crippen LogP contribution in [0, 0.1) is 5.92 Å². The zero-order valence-electron chi connectivity index (χ0n) is 14.1. The number of hydrogen-bond donors (Lipinski definition) is 0. The third-order valence-corrected chi connectivity index (χ3v) is 4.72. The summed E-state index contributed by atoms with van der Waals surface area (Å²) in [6, 6.07) is 7.67. The van der Waals surface area contributed by atoms with E-state index < -0.39 is 0 Å². The Morgan fingerprint density at radius 3 is 2.50 bits per heavy atom. The van der Waals surface area contributed by atoms with Crippen LogP contribution in [-0.2, 0) is 20.7 Å². The van der Waals surface area contributed by atoms with Gasteiger partial charge in [0.15, 0.2) is 0 Å². The van der Waals surface area contributed by atoms with Crippen LogP contribution in [0.2, 0.25) is 0 Å². The van der Waals surface area contributed by atoms with Crippen molar-refractivity contribution in [2.45, 2.75) is 12.8 Å². The Morgan fingerprint density at radius 2 is 1.83 bits per heavy atom. The maximum Gasteiger partial charge on any atom is 0.233 e. The average Bonchev–Trinajstić information content (AvgIpc) is 2.88. The van der Waals surface area contributed by atoms with Crippen molar-refractivity contribution in [3.05, 3.63) is 29.8 Å². The van der Waals surface area contributed by atoms with Gasteiger partial charge in [0.05, 0.1) is 26.2 Å². The molecule has 1 unspecified atom stereocenters. The van der Waals surface area contributed by atoms with Crippen molar-refractivity contribution < 1.29 is 19.1 Å². The molecule has 130 valence electrons. The minimum atomic E-state index is -0.240. The standard InChI is InChI=1S/C18H24N2O4/c1-23-16-4-2-14(3-5-16)12-15-13-17(21)20(18(15)22)7-6-19-8-10-24-11-9-19/h2-5,15H,6-13H2,1H3. The fourth-order valence-electron chi connectivity index (χ4n) is 3.26. The minimum Gasteiger partial charge on any atom is -0.497 e. The van der Waals surface area contributed by atoms with E-state index in [-0.39, 0.29) is 17.7 Å². The zero-order valence-corrected chi connectivity index (χ0v) is 14.1. The molecule has 0 aliphatic carbocycles. The third kappa shape index (κ3) is 3.94. The van der Waals surface area contributed by atoms with Crippen LogP contribution in [0.4, 0.5) is 0 Å². The summed E-state index contributed by atoms with van der Waals surface area (Å²) in [7, 11) is 1.63. The van der Waals surface area contributed by atoms with E-state index in [1.807, 2.05) is 24.3 Å². The monoisotopic (exact) mass is 332 g/mol. The molecule has 6 heteroatoms. The Kier molecular flexibility index (Phi) is 5.48. The van der Waals surface area contributed by atoms with Gasteiger partial charge in [-0.05, 0) is 24.1 Å². The lowest BCUT2D eigenvalue weighted by Gasteiger charge is -2.28. The second-order valence-corrected chi connectivity index (χ2v) is 6.29. The van der Waals surface area contributed by atoms with Crippen molar-refractivity contribution in [1.82, 2.24) is 9.80 Å². The molecule has 0 N–H and O–H groups in total. The molecule has 2 saturated heterocycles. The highest BCUT2D eigenvalue weighted by molar-refractivity contribution is 6.03.